The van der Waals surface area contributed by atoms with E-state index in [1.54, 1.807) is 12.1 Å². The van der Waals surface area contributed by atoms with Crippen LogP contribution in [0.15, 0.2) is 24.3 Å². The SMILES string of the molecule is CCOc1ccccc1OCC(=O)NC1CCN(S(=O)(=O)N(C)C)CC1. The molecule has 1 amide bonds. The van der Waals surface area contributed by atoms with Crippen molar-refractivity contribution in [3.8, 4) is 11.5 Å². The maximum absolute atomic E-state index is 12.1. The van der Waals surface area contributed by atoms with Gasteiger partial charge in [-0.15, -0.1) is 0 Å². The number of amides is 1. The quantitative estimate of drug-likeness (QED) is 0.717. The number of nitrogens with zero attached hydrogens (tertiary/aromatic N) is 2. The van der Waals surface area contributed by atoms with Gasteiger partial charge in [0.1, 0.15) is 0 Å². The highest BCUT2D eigenvalue weighted by molar-refractivity contribution is 7.86. The minimum Gasteiger partial charge on any atom is -0.490 e. The molecule has 1 N–H and O–H groups in total. The van der Waals surface area contributed by atoms with Crippen molar-refractivity contribution >= 4 is 16.1 Å². The Morgan fingerprint density at radius 1 is 1.19 bits per heavy atom. The lowest BCUT2D eigenvalue weighted by Crippen LogP contribution is -2.49. The summed E-state index contributed by atoms with van der Waals surface area (Å²) in [5.74, 6) is 0.895. The molecule has 0 radical (unpaired) electrons. The molecule has 146 valence electrons. The second-order valence-electron chi connectivity index (χ2n) is 6.20. The highest BCUT2D eigenvalue weighted by atomic mass is 32.2. The summed E-state index contributed by atoms with van der Waals surface area (Å²) in [6, 6.07) is 7.15. The van der Waals surface area contributed by atoms with Crippen LogP contribution in [0, 0.1) is 0 Å². The van der Waals surface area contributed by atoms with Crippen molar-refractivity contribution in [1.82, 2.24) is 13.9 Å². The summed E-state index contributed by atoms with van der Waals surface area (Å²) in [6.07, 6.45) is 1.16. The van der Waals surface area contributed by atoms with E-state index >= 15 is 0 Å². The van der Waals surface area contributed by atoms with Crippen LogP contribution in [-0.2, 0) is 15.0 Å². The van der Waals surface area contributed by atoms with Gasteiger partial charge in [-0.2, -0.15) is 17.0 Å². The van der Waals surface area contributed by atoms with Crippen molar-refractivity contribution in [1.29, 1.82) is 0 Å². The third-order valence-electron chi connectivity index (χ3n) is 4.11. The Morgan fingerprint density at radius 3 is 2.31 bits per heavy atom. The molecular weight excluding hydrogens is 358 g/mol. The molecular formula is C17H27N3O5S. The van der Waals surface area contributed by atoms with Crippen molar-refractivity contribution in [3.05, 3.63) is 24.3 Å². The van der Waals surface area contributed by atoms with E-state index in [2.05, 4.69) is 5.32 Å². The third-order valence-corrected chi connectivity index (χ3v) is 6.06. The first-order chi connectivity index (χ1) is 12.3. The zero-order chi connectivity index (χ0) is 19.2. The molecule has 1 aliphatic rings. The number of carbonyl (C=O) groups excluding carboxylic acids is 1. The van der Waals surface area contributed by atoms with Gasteiger partial charge in [0.15, 0.2) is 18.1 Å². The predicted molar refractivity (Wildman–Crippen MR) is 98.5 cm³/mol. The molecule has 0 unspecified atom stereocenters. The van der Waals surface area contributed by atoms with Gasteiger partial charge in [-0.25, -0.2) is 0 Å². The van der Waals surface area contributed by atoms with Crippen LogP contribution in [-0.4, -0.2) is 69.4 Å². The molecule has 1 fully saturated rings. The van der Waals surface area contributed by atoms with Crippen LogP contribution in [0.2, 0.25) is 0 Å². The molecule has 0 saturated carbocycles. The molecule has 26 heavy (non-hydrogen) atoms. The van der Waals surface area contributed by atoms with Gasteiger partial charge in [-0.05, 0) is 31.9 Å². The molecule has 1 aromatic rings. The molecule has 0 aliphatic carbocycles. The van der Waals surface area contributed by atoms with Crippen molar-refractivity contribution in [2.45, 2.75) is 25.8 Å². The van der Waals surface area contributed by atoms with Gasteiger partial charge in [0.2, 0.25) is 0 Å². The number of rotatable bonds is 8. The average molecular weight is 385 g/mol. The number of para-hydroxylation sites is 2. The number of benzene rings is 1. The maximum atomic E-state index is 12.1. The van der Waals surface area contributed by atoms with E-state index in [1.165, 1.54) is 22.7 Å². The molecule has 0 bridgehead atoms. The van der Waals surface area contributed by atoms with E-state index in [1.807, 2.05) is 19.1 Å². The van der Waals surface area contributed by atoms with E-state index in [0.717, 1.165) is 0 Å². The topological polar surface area (TPSA) is 88.2 Å². The Bertz CT molecular complexity index is 700. The Hall–Kier alpha value is -1.84. The summed E-state index contributed by atoms with van der Waals surface area (Å²) < 4.78 is 37.8. The van der Waals surface area contributed by atoms with Gasteiger partial charge in [0.25, 0.3) is 16.1 Å². The van der Waals surface area contributed by atoms with Crippen LogP contribution in [0.4, 0.5) is 0 Å². The molecule has 0 spiro atoms. The number of carbonyl (C=O) groups is 1. The van der Waals surface area contributed by atoms with Crippen LogP contribution in [0.5, 0.6) is 11.5 Å². The maximum Gasteiger partial charge on any atom is 0.281 e. The molecule has 9 heteroatoms. The van der Waals surface area contributed by atoms with E-state index in [-0.39, 0.29) is 18.6 Å². The summed E-state index contributed by atoms with van der Waals surface area (Å²) in [7, 11) is -0.364. The zero-order valence-corrected chi connectivity index (χ0v) is 16.3. The van der Waals surface area contributed by atoms with Gasteiger partial charge in [0.05, 0.1) is 6.61 Å². The van der Waals surface area contributed by atoms with E-state index < -0.39 is 10.2 Å². The van der Waals surface area contributed by atoms with Gasteiger partial charge in [0, 0.05) is 33.2 Å². The first-order valence-corrected chi connectivity index (χ1v) is 10.1. The number of hydrogen-bond donors (Lipinski definition) is 1. The standard InChI is InChI=1S/C17H27N3O5S/c1-4-24-15-7-5-6-8-16(15)25-13-17(21)18-14-9-11-20(12-10-14)26(22,23)19(2)3/h5-8,14H,4,9-13H2,1-3H3,(H,18,21). The predicted octanol–water partition coefficient (Wildman–Crippen LogP) is 0.851. The Kier molecular flexibility index (Phi) is 7.24. The van der Waals surface area contributed by atoms with Crippen molar-refractivity contribution in [2.75, 3.05) is 40.4 Å². The first kappa shape index (κ1) is 20.5. The molecule has 1 aliphatic heterocycles. The average Bonchev–Trinajstić information content (AvgIpc) is 2.61. The van der Waals surface area contributed by atoms with E-state index in [4.69, 9.17) is 9.47 Å². The molecule has 0 aromatic heterocycles. The molecule has 1 heterocycles. The molecule has 0 atom stereocenters. The third kappa shape index (κ3) is 5.33. The monoisotopic (exact) mass is 385 g/mol. The summed E-state index contributed by atoms with van der Waals surface area (Å²) in [5.41, 5.74) is 0. The second kappa shape index (κ2) is 9.20. The van der Waals surface area contributed by atoms with Gasteiger partial charge < -0.3 is 14.8 Å². The summed E-state index contributed by atoms with van der Waals surface area (Å²) in [5, 5.41) is 2.90. The molecule has 8 nitrogen and oxygen atoms in total. The minimum atomic E-state index is -3.39. The Labute approximate surface area is 155 Å². The second-order valence-corrected chi connectivity index (χ2v) is 8.34. The van der Waals surface area contributed by atoms with E-state index in [9.17, 15) is 13.2 Å². The summed E-state index contributed by atoms with van der Waals surface area (Å²) in [4.78, 5) is 12.1. The molecule has 1 saturated heterocycles. The smallest absolute Gasteiger partial charge is 0.281 e. The fourth-order valence-electron chi connectivity index (χ4n) is 2.72. The lowest BCUT2D eigenvalue weighted by atomic mass is 10.1. The van der Waals surface area contributed by atoms with Crippen molar-refractivity contribution in [3.63, 3.8) is 0 Å². The largest absolute Gasteiger partial charge is 0.490 e. The van der Waals surface area contributed by atoms with Gasteiger partial charge in [-0.3, -0.25) is 4.79 Å². The summed E-state index contributed by atoms with van der Waals surface area (Å²) >= 11 is 0. The van der Waals surface area contributed by atoms with Gasteiger partial charge >= 0.3 is 0 Å². The number of hydrogen-bond acceptors (Lipinski definition) is 5. The van der Waals surface area contributed by atoms with Crippen LogP contribution in [0.3, 0.4) is 0 Å². The molecule has 2 rings (SSSR count). The lowest BCUT2D eigenvalue weighted by molar-refractivity contribution is -0.124. The van der Waals surface area contributed by atoms with Crippen LogP contribution >= 0.6 is 0 Å². The van der Waals surface area contributed by atoms with Crippen LogP contribution in [0.1, 0.15) is 19.8 Å². The fraction of sp³-hybridized carbons (Fsp3) is 0.588. The van der Waals surface area contributed by atoms with Crippen LogP contribution < -0.4 is 14.8 Å². The van der Waals surface area contributed by atoms with E-state index in [0.29, 0.717) is 44.0 Å². The molecule has 1 aromatic carbocycles. The fourth-order valence-corrected chi connectivity index (χ4v) is 3.85. The first-order valence-electron chi connectivity index (χ1n) is 8.66. The highest BCUT2D eigenvalue weighted by Crippen LogP contribution is 2.26. The number of ether oxygens (including phenoxy) is 2. The lowest BCUT2D eigenvalue weighted by Gasteiger charge is -2.33. The summed E-state index contributed by atoms with van der Waals surface area (Å²) in [6.45, 7) is 3.06. The Balaban J connectivity index is 1.80. The minimum absolute atomic E-state index is 0.0538. The van der Waals surface area contributed by atoms with Crippen molar-refractivity contribution < 1.29 is 22.7 Å². The van der Waals surface area contributed by atoms with Crippen molar-refractivity contribution in [2.24, 2.45) is 0 Å². The highest BCUT2D eigenvalue weighted by Gasteiger charge is 2.30. The zero-order valence-electron chi connectivity index (χ0n) is 15.5. The van der Waals surface area contributed by atoms with Gasteiger partial charge in [-0.1, -0.05) is 12.1 Å². The number of nitrogens with one attached hydrogen (secondary N) is 1. The number of piperidine rings is 1. The Morgan fingerprint density at radius 2 is 1.77 bits per heavy atom. The van der Waals surface area contributed by atoms with Crippen LogP contribution in [0.25, 0.3) is 0 Å². The normalized spacial score (nSPS) is 16.5.